The van der Waals surface area contributed by atoms with Crippen LogP contribution in [0.3, 0.4) is 0 Å². The van der Waals surface area contributed by atoms with Crippen molar-refractivity contribution in [3.05, 3.63) is 24.2 Å². The standard InChI is InChI=1S/C10H17NO2/c1-2-10(11)9(3-5-12)8-4-6-13-7-8/h4,6-7,9-10,12H,2-3,5,11H2,1H3. The van der Waals surface area contributed by atoms with Crippen LogP contribution in [0, 0.1) is 0 Å². The highest BCUT2D eigenvalue weighted by Crippen LogP contribution is 2.23. The topological polar surface area (TPSA) is 59.4 Å². The van der Waals surface area contributed by atoms with Gasteiger partial charge in [-0.1, -0.05) is 6.92 Å². The summed E-state index contributed by atoms with van der Waals surface area (Å²) in [7, 11) is 0. The second-order valence-corrected chi connectivity index (χ2v) is 3.25. The fraction of sp³-hybridized carbons (Fsp3) is 0.600. The molecule has 0 aliphatic rings. The van der Waals surface area contributed by atoms with E-state index in [4.69, 9.17) is 15.3 Å². The molecule has 1 aromatic heterocycles. The average molecular weight is 183 g/mol. The van der Waals surface area contributed by atoms with Crippen molar-refractivity contribution in [2.75, 3.05) is 6.61 Å². The molecule has 3 heteroatoms. The van der Waals surface area contributed by atoms with Gasteiger partial charge in [-0.2, -0.15) is 0 Å². The van der Waals surface area contributed by atoms with E-state index in [1.54, 1.807) is 12.5 Å². The molecule has 2 atom stereocenters. The second kappa shape index (κ2) is 5.04. The summed E-state index contributed by atoms with van der Waals surface area (Å²) in [5.74, 6) is 0.216. The van der Waals surface area contributed by atoms with Crippen LogP contribution in [0.25, 0.3) is 0 Å². The summed E-state index contributed by atoms with van der Waals surface area (Å²) in [6.07, 6.45) is 4.96. The molecule has 13 heavy (non-hydrogen) atoms. The molecule has 0 saturated heterocycles. The molecule has 0 saturated carbocycles. The van der Waals surface area contributed by atoms with E-state index < -0.39 is 0 Å². The van der Waals surface area contributed by atoms with Gasteiger partial charge in [-0.25, -0.2) is 0 Å². The molecule has 0 aliphatic carbocycles. The SMILES string of the molecule is CCC(N)C(CCO)c1ccoc1. The van der Waals surface area contributed by atoms with Gasteiger partial charge in [0.25, 0.3) is 0 Å². The fourth-order valence-electron chi connectivity index (χ4n) is 1.54. The van der Waals surface area contributed by atoms with Crippen molar-refractivity contribution in [1.29, 1.82) is 0 Å². The van der Waals surface area contributed by atoms with E-state index >= 15 is 0 Å². The van der Waals surface area contributed by atoms with Crippen molar-refractivity contribution in [2.45, 2.75) is 31.7 Å². The van der Waals surface area contributed by atoms with E-state index in [-0.39, 0.29) is 18.6 Å². The van der Waals surface area contributed by atoms with Crippen LogP contribution in [0.2, 0.25) is 0 Å². The summed E-state index contributed by atoms with van der Waals surface area (Å²) in [5, 5.41) is 8.89. The third-order valence-electron chi connectivity index (χ3n) is 2.40. The summed E-state index contributed by atoms with van der Waals surface area (Å²) in [6.45, 7) is 2.22. The third kappa shape index (κ3) is 2.57. The zero-order valence-electron chi connectivity index (χ0n) is 7.94. The molecule has 3 nitrogen and oxygen atoms in total. The molecule has 3 N–H and O–H groups in total. The second-order valence-electron chi connectivity index (χ2n) is 3.25. The number of hydrogen-bond donors (Lipinski definition) is 2. The molecular formula is C10H17NO2. The summed E-state index contributed by atoms with van der Waals surface area (Å²) in [5.41, 5.74) is 7.03. The Balaban J connectivity index is 2.68. The first-order valence-corrected chi connectivity index (χ1v) is 4.68. The van der Waals surface area contributed by atoms with Crippen LogP contribution >= 0.6 is 0 Å². The minimum atomic E-state index is 0.102. The highest BCUT2D eigenvalue weighted by molar-refractivity contribution is 5.14. The Hall–Kier alpha value is -0.800. The first-order valence-electron chi connectivity index (χ1n) is 4.68. The Kier molecular flexibility index (Phi) is 3.99. The molecule has 74 valence electrons. The van der Waals surface area contributed by atoms with E-state index in [1.165, 1.54) is 0 Å². The first-order chi connectivity index (χ1) is 6.29. The van der Waals surface area contributed by atoms with Gasteiger partial charge in [-0.3, -0.25) is 0 Å². The lowest BCUT2D eigenvalue weighted by molar-refractivity contribution is 0.266. The smallest absolute Gasteiger partial charge is 0.0937 e. The lowest BCUT2D eigenvalue weighted by atomic mass is 9.90. The third-order valence-corrected chi connectivity index (χ3v) is 2.40. The minimum absolute atomic E-state index is 0.102. The van der Waals surface area contributed by atoms with Crippen molar-refractivity contribution < 1.29 is 9.52 Å². The van der Waals surface area contributed by atoms with Crippen LogP contribution in [-0.2, 0) is 0 Å². The lowest BCUT2D eigenvalue weighted by Gasteiger charge is -2.20. The van der Waals surface area contributed by atoms with Crippen LogP contribution in [-0.4, -0.2) is 17.8 Å². The summed E-state index contributed by atoms with van der Waals surface area (Å²) < 4.78 is 5.00. The molecular weight excluding hydrogens is 166 g/mol. The Labute approximate surface area is 78.5 Å². The molecule has 0 aromatic carbocycles. The van der Waals surface area contributed by atoms with Gasteiger partial charge in [-0.05, 0) is 24.5 Å². The number of hydrogen-bond acceptors (Lipinski definition) is 3. The number of furan rings is 1. The molecule has 0 amide bonds. The predicted molar refractivity (Wildman–Crippen MR) is 51.4 cm³/mol. The fourth-order valence-corrected chi connectivity index (χ4v) is 1.54. The zero-order chi connectivity index (χ0) is 9.68. The average Bonchev–Trinajstić information content (AvgIpc) is 2.65. The van der Waals surface area contributed by atoms with E-state index in [2.05, 4.69) is 6.92 Å². The Morgan fingerprint density at radius 3 is 2.85 bits per heavy atom. The molecule has 0 aliphatic heterocycles. The zero-order valence-corrected chi connectivity index (χ0v) is 7.94. The maximum Gasteiger partial charge on any atom is 0.0937 e. The van der Waals surface area contributed by atoms with Crippen LogP contribution < -0.4 is 5.73 Å². The highest BCUT2D eigenvalue weighted by atomic mass is 16.3. The highest BCUT2D eigenvalue weighted by Gasteiger charge is 2.18. The van der Waals surface area contributed by atoms with Gasteiger partial charge in [0.15, 0.2) is 0 Å². The lowest BCUT2D eigenvalue weighted by Crippen LogP contribution is -2.28. The monoisotopic (exact) mass is 183 g/mol. The molecule has 1 aromatic rings. The molecule has 1 rings (SSSR count). The number of rotatable bonds is 5. The largest absolute Gasteiger partial charge is 0.472 e. The molecule has 1 heterocycles. The van der Waals surface area contributed by atoms with Gasteiger partial charge in [0.2, 0.25) is 0 Å². The maximum atomic E-state index is 8.89. The molecule has 0 fully saturated rings. The van der Waals surface area contributed by atoms with Crippen LogP contribution in [0.1, 0.15) is 31.2 Å². The van der Waals surface area contributed by atoms with Crippen LogP contribution in [0.15, 0.2) is 23.0 Å². The van der Waals surface area contributed by atoms with Gasteiger partial charge >= 0.3 is 0 Å². The van der Waals surface area contributed by atoms with Crippen molar-refractivity contribution in [2.24, 2.45) is 5.73 Å². The molecule has 0 radical (unpaired) electrons. The van der Waals surface area contributed by atoms with Crippen LogP contribution in [0.5, 0.6) is 0 Å². The van der Waals surface area contributed by atoms with Crippen molar-refractivity contribution in [3.8, 4) is 0 Å². The normalized spacial score (nSPS) is 15.6. The van der Waals surface area contributed by atoms with Gasteiger partial charge in [-0.15, -0.1) is 0 Å². The van der Waals surface area contributed by atoms with Gasteiger partial charge < -0.3 is 15.3 Å². The van der Waals surface area contributed by atoms with Gasteiger partial charge in [0, 0.05) is 18.6 Å². The van der Waals surface area contributed by atoms with Crippen molar-refractivity contribution in [1.82, 2.24) is 0 Å². The summed E-state index contributed by atoms with van der Waals surface area (Å²) in [4.78, 5) is 0. The molecule has 0 spiro atoms. The first kappa shape index (κ1) is 10.3. The van der Waals surface area contributed by atoms with E-state index in [1.807, 2.05) is 6.07 Å². The molecule has 2 unspecified atom stereocenters. The van der Waals surface area contributed by atoms with Crippen molar-refractivity contribution in [3.63, 3.8) is 0 Å². The predicted octanol–water partition coefficient (Wildman–Crippen LogP) is 1.48. The van der Waals surface area contributed by atoms with Crippen LogP contribution in [0.4, 0.5) is 0 Å². The van der Waals surface area contributed by atoms with Gasteiger partial charge in [0.1, 0.15) is 0 Å². The Morgan fingerprint density at radius 2 is 2.38 bits per heavy atom. The Morgan fingerprint density at radius 1 is 1.62 bits per heavy atom. The number of aliphatic hydroxyl groups is 1. The summed E-state index contributed by atoms with van der Waals surface area (Å²) in [6, 6.07) is 2.01. The molecule has 0 bridgehead atoms. The number of nitrogens with two attached hydrogens (primary N) is 1. The quantitative estimate of drug-likeness (QED) is 0.727. The minimum Gasteiger partial charge on any atom is -0.472 e. The van der Waals surface area contributed by atoms with E-state index in [0.29, 0.717) is 6.42 Å². The van der Waals surface area contributed by atoms with Crippen molar-refractivity contribution >= 4 is 0 Å². The van der Waals surface area contributed by atoms with E-state index in [0.717, 1.165) is 12.0 Å². The maximum absolute atomic E-state index is 8.89. The Bertz CT molecular complexity index is 221. The summed E-state index contributed by atoms with van der Waals surface area (Å²) >= 11 is 0. The van der Waals surface area contributed by atoms with E-state index in [9.17, 15) is 0 Å². The number of aliphatic hydroxyl groups excluding tert-OH is 1. The van der Waals surface area contributed by atoms with Gasteiger partial charge in [0.05, 0.1) is 12.5 Å².